The van der Waals surface area contributed by atoms with E-state index in [2.05, 4.69) is 16.4 Å². The monoisotopic (exact) mass is 407 g/mol. The number of aromatic nitrogens is 2. The minimum Gasteiger partial charge on any atom is -0.380 e. The lowest BCUT2D eigenvalue weighted by Gasteiger charge is -2.21. The predicted octanol–water partition coefficient (Wildman–Crippen LogP) is 2.56. The van der Waals surface area contributed by atoms with Crippen molar-refractivity contribution in [1.82, 2.24) is 13.9 Å². The number of sulfonamides is 1. The highest BCUT2D eigenvalue weighted by Crippen LogP contribution is 2.33. The van der Waals surface area contributed by atoms with Crippen molar-refractivity contribution < 1.29 is 8.42 Å². The van der Waals surface area contributed by atoms with E-state index in [1.807, 2.05) is 42.5 Å². The molecular formula is C21H21N5O2S. The average Bonchev–Trinajstić information content (AvgIpc) is 3.36. The SMILES string of the molecule is Cn1cnc(S(=O)(=O)N2C[C@H](Nc3cccc(C#N)c3)[C@@H](c3ccccc3)C2)c1. The van der Waals surface area contributed by atoms with Gasteiger partial charge in [-0.2, -0.15) is 9.57 Å². The maximum Gasteiger partial charge on any atom is 0.262 e. The summed E-state index contributed by atoms with van der Waals surface area (Å²) in [6.07, 6.45) is 3.00. The maximum atomic E-state index is 13.1. The summed E-state index contributed by atoms with van der Waals surface area (Å²) in [7, 11) is -1.94. The highest BCUT2D eigenvalue weighted by Gasteiger charge is 2.40. The van der Waals surface area contributed by atoms with Gasteiger partial charge in [0.15, 0.2) is 5.03 Å². The molecule has 0 saturated carbocycles. The highest BCUT2D eigenvalue weighted by atomic mass is 32.2. The van der Waals surface area contributed by atoms with Gasteiger partial charge >= 0.3 is 0 Å². The summed E-state index contributed by atoms with van der Waals surface area (Å²) in [4.78, 5) is 4.04. The van der Waals surface area contributed by atoms with Crippen LogP contribution in [-0.4, -0.2) is 41.4 Å². The molecule has 0 unspecified atom stereocenters. The first-order valence-corrected chi connectivity index (χ1v) is 10.7. The number of nitrogens with zero attached hydrogens (tertiary/aromatic N) is 4. The van der Waals surface area contributed by atoms with Crippen LogP contribution in [0.4, 0.5) is 5.69 Å². The van der Waals surface area contributed by atoms with Crippen LogP contribution in [0.5, 0.6) is 0 Å². The number of benzene rings is 2. The number of rotatable bonds is 5. The maximum absolute atomic E-state index is 13.1. The van der Waals surface area contributed by atoms with Crippen LogP contribution in [0.2, 0.25) is 0 Å². The number of hydrogen-bond donors (Lipinski definition) is 1. The van der Waals surface area contributed by atoms with Crippen LogP contribution in [-0.2, 0) is 17.1 Å². The summed E-state index contributed by atoms with van der Waals surface area (Å²) in [6, 6.07) is 19.1. The summed E-state index contributed by atoms with van der Waals surface area (Å²) in [6.45, 7) is 0.674. The molecule has 1 aliphatic rings. The molecule has 1 saturated heterocycles. The molecule has 0 amide bonds. The quantitative estimate of drug-likeness (QED) is 0.702. The molecule has 0 aliphatic carbocycles. The Hall–Kier alpha value is -3.15. The molecule has 3 aromatic rings. The average molecular weight is 407 g/mol. The zero-order chi connectivity index (χ0) is 20.4. The molecule has 0 bridgehead atoms. The summed E-state index contributed by atoms with van der Waals surface area (Å²) >= 11 is 0. The van der Waals surface area contributed by atoms with Gasteiger partial charge in [-0.1, -0.05) is 36.4 Å². The molecule has 0 radical (unpaired) electrons. The molecule has 29 heavy (non-hydrogen) atoms. The van der Waals surface area contributed by atoms with Crippen LogP contribution in [0.1, 0.15) is 17.0 Å². The fraction of sp³-hybridized carbons (Fsp3) is 0.238. The van der Waals surface area contributed by atoms with Crippen molar-refractivity contribution in [3.8, 4) is 6.07 Å². The molecule has 1 fully saturated rings. The van der Waals surface area contributed by atoms with Crippen molar-refractivity contribution in [3.05, 3.63) is 78.2 Å². The van der Waals surface area contributed by atoms with E-state index in [1.54, 1.807) is 23.7 Å². The van der Waals surface area contributed by atoms with Crippen LogP contribution >= 0.6 is 0 Å². The zero-order valence-electron chi connectivity index (χ0n) is 15.9. The molecule has 0 spiro atoms. The molecule has 2 atom stereocenters. The van der Waals surface area contributed by atoms with E-state index < -0.39 is 10.0 Å². The second-order valence-electron chi connectivity index (χ2n) is 7.16. The topological polar surface area (TPSA) is 91.0 Å². The number of hydrogen-bond acceptors (Lipinski definition) is 5. The summed E-state index contributed by atoms with van der Waals surface area (Å²) in [5, 5.41) is 12.7. The second-order valence-corrected chi connectivity index (χ2v) is 9.04. The molecule has 2 heterocycles. The molecule has 7 nitrogen and oxygen atoms in total. The lowest BCUT2D eigenvalue weighted by Crippen LogP contribution is -2.32. The number of nitriles is 1. The minimum absolute atomic E-state index is 0.0274. The molecule has 1 aromatic heterocycles. The van der Waals surface area contributed by atoms with E-state index in [9.17, 15) is 8.42 Å². The Morgan fingerprint density at radius 3 is 2.62 bits per heavy atom. The van der Waals surface area contributed by atoms with Crippen LogP contribution in [0.15, 0.2) is 72.1 Å². The standard InChI is InChI=1S/C21H21N5O2S/c1-25-14-21(23-15-25)29(27,28)26-12-19(17-7-3-2-4-8-17)20(13-26)24-18-9-5-6-16(10-18)11-22/h2-10,14-15,19-20,24H,12-13H2,1H3/t19-,20+/m1/s1. The first-order valence-electron chi connectivity index (χ1n) is 9.27. The normalized spacial score (nSPS) is 19.7. The molecule has 4 rings (SSSR count). The summed E-state index contributed by atoms with van der Waals surface area (Å²) in [5.41, 5.74) is 2.43. The third-order valence-electron chi connectivity index (χ3n) is 5.14. The number of anilines is 1. The van der Waals surface area contributed by atoms with Gasteiger partial charge in [-0.05, 0) is 23.8 Å². The fourth-order valence-corrected chi connectivity index (χ4v) is 5.15. The Morgan fingerprint density at radius 2 is 1.93 bits per heavy atom. The molecule has 8 heteroatoms. The van der Waals surface area contributed by atoms with Gasteiger partial charge in [-0.25, -0.2) is 13.4 Å². The third-order valence-corrected chi connectivity index (χ3v) is 6.86. The van der Waals surface area contributed by atoms with E-state index in [-0.39, 0.29) is 17.0 Å². The molecule has 148 valence electrons. The van der Waals surface area contributed by atoms with E-state index in [1.165, 1.54) is 16.8 Å². The lowest BCUT2D eigenvalue weighted by molar-refractivity contribution is 0.468. The minimum atomic E-state index is -3.69. The Bertz CT molecular complexity index is 1150. The number of imidazole rings is 1. The van der Waals surface area contributed by atoms with Crippen molar-refractivity contribution in [2.75, 3.05) is 18.4 Å². The Morgan fingerprint density at radius 1 is 1.14 bits per heavy atom. The van der Waals surface area contributed by atoms with Crippen molar-refractivity contribution in [1.29, 1.82) is 5.26 Å². The van der Waals surface area contributed by atoms with Gasteiger partial charge in [-0.3, -0.25) is 0 Å². The summed E-state index contributed by atoms with van der Waals surface area (Å²) in [5.74, 6) is -0.0274. The van der Waals surface area contributed by atoms with Crippen molar-refractivity contribution in [2.45, 2.75) is 17.0 Å². The largest absolute Gasteiger partial charge is 0.380 e. The number of aryl methyl sites for hydroxylation is 1. The smallest absolute Gasteiger partial charge is 0.262 e. The van der Waals surface area contributed by atoms with Gasteiger partial charge in [0.1, 0.15) is 0 Å². The van der Waals surface area contributed by atoms with Gasteiger partial charge in [0, 0.05) is 44.0 Å². The van der Waals surface area contributed by atoms with Crippen LogP contribution in [0, 0.1) is 11.3 Å². The van der Waals surface area contributed by atoms with Gasteiger partial charge < -0.3 is 9.88 Å². The van der Waals surface area contributed by atoms with E-state index in [4.69, 9.17) is 5.26 Å². The third kappa shape index (κ3) is 3.88. The van der Waals surface area contributed by atoms with Gasteiger partial charge in [-0.15, -0.1) is 0 Å². The van der Waals surface area contributed by atoms with E-state index in [0.29, 0.717) is 18.7 Å². The van der Waals surface area contributed by atoms with Crippen LogP contribution in [0.3, 0.4) is 0 Å². The molecule has 2 aromatic carbocycles. The predicted molar refractivity (Wildman–Crippen MR) is 110 cm³/mol. The van der Waals surface area contributed by atoms with Gasteiger partial charge in [0.05, 0.1) is 18.0 Å². The Balaban J connectivity index is 1.65. The first kappa shape index (κ1) is 19.2. The highest BCUT2D eigenvalue weighted by molar-refractivity contribution is 7.89. The zero-order valence-corrected chi connectivity index (χ0v) is 16.7. The second kappa shape index (κ2) is 7.70. The lowest BCUT2D eigenvalue weighted by atomic mass is 9.94. The Labute approximate surface area is 170 Å². The van der Waals surface area contributed by atoms with Crippen LogP contribution < -0.4 is 5.32 Å². The van der Waals surface area contributed by atoms with Crippen molar-refractivity contribution in [3.63, 3.8) is 0 Å². The fourth-order valence-electron chi connectivity index (χ4n) is 3.70. The van der Waals surface area contributed by atoms with Crippen molar-refractivity contribution in [2.24, 2.45) is 7.05 Å². The molecule has 1 aliphatic heterocycles. The molecule has 1 N–H and O–H groups in total. The van der Waals surface area contributed by atoms with Crippen LogP contribution in [0.25, 0.3) is 0 Å². The van der Waals surface area contributed by atoms with Crippen molar-refractivity contribution >= 4 is 15.7 Å². The molecular weight excluding hydrogens is 386 g/mol. The van der Waals surface area contributed by atoms with Gasteiger partial charge in [0.25, 0.3) is 10.0 Å². The first-order chi connectivity index (χ1) is 14.0. The van der Waals surface area contributed by atoms with Gasteiger partial charge in [0.2, 0.25) is 0 Å². The number of nitrogens with one attached hydrogen (secondary N) is 1. The van der Waals surface area contributed by atoms with E-state index >= 15 is 0 Å². The summed E-state index contributed by atoms with van der Waals surface area (Å²) < 4.78 is 29.3. The Kier molecular flexibility index (Phi) is 5.09. The van der Waals surface area contributed by atoms with E-state index in [0.717, 1.165) is 11.3 Å².